The number of thiazole rings is 1. The van der Waals surface area contributed by atoms with Crippen LogP contribution in [-0.2, 0) is 16.0 Å². The van der Waals surface area contributed by atoms with Gasteiger partial charge in [-0.25, -0.2) is 9.37 Å². The Morgan fingerprint density at radius 2 is 1.68 bits per heavy atom. The summed E-state index contributed by atoms with van der Waals surface area (Å²) in [6, 6.07) is 10.1. The number of nitrogens with one attached hydrogen (secondary N) is 1. The molecule has 31 heavy (non-hydrogen) atoms. The van der Waals surface area contributed by atoms with Crippen molar-refractivity contribution in [3.8, 4) is 11.3 Å². The Morgan fingerprint density at radius 3 is 2.29 bits per heavy atom. The van der Waals surface area contributed by atoms with E-state index in [2.05, 4.69) is 10.3 Å². The molecular weight excluding hydrogens is 413 g/mol. The van der Waals surface area contributed by atoms with Crippen molar-refractivity contribution >= 4 is 28.8 Å². The molecule has 0 aliphatic heterocycles. The van der Waals surface area contributed by atoms with E-state index in [1.807, 2.05) is 39.8 Å². The molecule has 0 fully saturated rings. The molecule has 0 saturated heterocycles. The molecule has 0 aliphatic rings. The molecule has 0 atom stereocenters. The molecule has 7 heteroatoms. The second kappa shape index (κ2) is 9.39. The van der Waals surface area contributed by atoms with Gasteiger partial charge in [-0.1, -0.05) is 17.7 Å². The van der Waals surface area contributed by atoms with Crippen LogP contribution in [0.25, 0.3) is 11.3 Å². The SMILES string of the molecule is Cc1cc(C)c(NC(=O)CN(C)C(=O)Cc2sc(C)nc2-c2ccc(F)cc2)c(C)c1. The molecule has 0 spiro atoms. The molecule has 3 aromatic rings. The number of hydrogen-bond donors (Lipinski definition) is 1. The fraction of sp³-hybridized carbons (Fsp3) is 0.292. The van der Waals surface area contributed by atoms with Gasteiger partial charge < -0.3 is 10.2 Å². The van der Waals surface area contributed by atoms with E-state index in [1.165, 1.54) is 28.4 Å². The van der Waals surface area contributed by atoms with E-state index in [1.54, 1.807) is 19.2 Å². The Kier molecular flexibility index (Phi) is 6.85. The van der Waals surface area contributed by atoms with Gasteiger partial charge in [0.25, 0.3) is 0 Å². The Labute approximate surface area is 185 Å². The van der Waals surface area contributed by atoms with Crippen LogP contribution < -0.4 is 5.32 Å². The maximum atomic E-state index is 13.3. The van der Waals surface area contributed by atoms with Crippen LogP contribution in [0.1, 0.15) is 26.6 Å². The highest BCUT2D eigenvalue weighted by Crippen LogP contribution is 2.29. The number of nitrogens with zero attached hydrogens (tertiary/aromatic N) is 2. The van der Waals surface area contributed by atoms with Crippen molar-refractivity contribution in [2.24, 2.45) is 0 Å². The third kappa shape index (κ3) is 5.55. The number of carbonyl (C=O) groups is 2. The smallest absolute Gasteiger partial charge is 0.243 e. The summed E-state index contributed by atoms with van der Waals surface area (Å²) < 4.78 is 13.3. The molecule has 0 radical (unpaired) electrons. The van der Waals surface area contributed by atoms with Crippen LogP contribution in [0.15, 0.2) is 36.4 Å². The predicted octanol–water partition coefficient (Wildman–Crippen LogP) is 4.82. The van der Waals surface area contributed by atoms with Crippen molar-refractivity contribution in [2.75, 3.05) is 18.9 Å². The van der Waals surface area contributed by atoms with Gasteiger partial charge in [0.1, 0.15) is 5.82 Å². The predicted molar refractivity (Wildman–Crippen MR) is 123 cm³/mol. The molecule has 3 rings (SSSR count). The molecule has 2 amide bonds. The topological polar surface area (TPSA) is 62.3 Å². The zero-order chi connectivity index (χ0) is 22.7. The number of aryl methyl sites for hydroxylation is 4. The van der Waals surface area contributed by atoms with Gasteiger partial charge >= 0.3 is 0 Å². The lowest BCUT2D eigenvalue weighted by Crippen LogP contribution is -2.36. The maximum Gasteiger partial charge on any atom is 0.243 e. The molecule has 0 bridgehead atoms. The Bertz CT molecular complexity index is 1100. The second-order valence-corrected chi connectivity index (χ2v) is 9.05. The molecule has 1 N–H and O–H groups in total. The fourth-order valence-corrected chi connectivity index (χ4v) is 4.50. The number of carbonyl (C=O) groups excluding carboxylic acids is 2. The summed E-state index contributed by atoms with van der Waals surface area (Å²) in [5, 5.41) is 3.75. The van der Waals surface area contributed by atoms with E-state index in [4.69, 9.17) is 0 Å². The first-order valence-electron chi connectivity index (χ1n) is 9.98. The standard InChI is InChI=1S/C24H26FN3O2S/c1-14-10-15(2)23(16(3)11-14)27-21(29)13-28(5)22(30)12-20-24(26-17(4)31-20)18-6-8-19(25)9-7-18/h6-11H,12-13H2,1-5H3,(H,27,29). The number of anilines is 1. The van der Waals surface area contributed by atoms with Gasteiger partial charge in [-0.3, -0.25) is 9.59 Å². The van der Waals surface area contributed by atoms with Crippen LogP contribution in [0, 0.1) is 33.5 Å². The van der Waals surface area contributed by atoms with Gasteiger partial charge in [0.05, 0.1) is 23.7 Å². The second-order valence-electron chi connectivity index (χ2n) is 7.76. The van der Waals surface area contributed by atoms with E-state index in [9.17, 15) is 14.0 Å². The first kappa shape index (κ1) is 22.6. The zero-order valence-electron chi connectivity index (χ0n) is 18.4. The van der Waals surface area contributed by atoms with Crippen LogP contribution in [0.5, 0.6) is 0 Å². The zero-order valence-corrected chi connectivity index (χ0v) is 19.2. The number of rotatable bonds is 6. The third-order valence-electron chi connectivity index (χ3n) is 4.98. The quantitative estimate of drug-likeness (QED) is 0.599. The van der Waals surface area contributed by atoms with Crippen molar-refractivity contribution in [2.45, 2.75) is 34.1 Å². The number of aromatic nitrogens is 1. The number of amides is 2. The number of halogens is 1. The van der Waals surface area contributed by atoms with Gasteiger partial charge in [-0.2, -0.15) is 0 Å². The average molecular weight is 440 g/mol. The molecule has 2 aromatic carbocycles. The van der Waals surface area contributed by atoms with Gasteiger partial charge in [-0.05, 0) is 63.1 Å². The average Bonchev–Trinajstić information content (AvgIpc) is 3.05. The van der Waals surface area contributed by atoms with Crippen LogP contribution in [-0.4, -0.2) is 35.3 Å². The van der Waals surface area contributed by atoms with Gasteiger partial charge in [0.2, 0.25) is 11.8 Å². The van der Waals surface area contributed by atoms with Crippen LogP contribution in [0.2, 0.25) is 0 Å². The summed E-state index contributed by atoms with van der Waals surface area (Å²) in [5.41, 5.74) is 5.34. The summed E-state index contributed by atoms with van der Waals surface area (Å²) >= 11 is 1.43. The molecular formula is C24H26FN3O2S. The Balaban J connectivity index is 1.68. The minimum Gasteiger partial charge on any atom is -0.336 e. The summed E-state index contributed by atoms with van der Waals surface area (Å²) in [5.74, 6) is -0.747. The van der Waals surface area contributed by atoms with Crippen molar-refractivity contribution in [1.29, 1.82) is 0 Å². The highest BCUT2D eigenvalue weighted by atomic mass is 32.1. The highest BCUT2D eigenvalue weighted by Gasteiger charge is 2.19. The van der Waals surface area contributed by atoms with E-state index >= 15 is 0 Å². The number of benzene rings is 2. The number of hydrogen-bond acceptors (Lipinski definition) is 4. The monoisotopic (exact) mass is 439 g/mol. The molecule has 5 nitrogen and oxygen atoms in total. The summed E-state index contributed by atoms with van der Waals surface area (Å²) in [6.07, 6.45) is 0.130. The van der Waals surface area contributed by atoms with E-state index < -0.39 is 0 Å². The lowest BCUT2D eigenvalue weighted by atomic mass is 10.1. The van der Waals surface area contributed by atoms with Gasteiger partial charge in [-0.15, -0.1) is 11.3 Å². The highest BCUT2D eigenvalue weighted by molar-refractivity contribution is 7.12. The van der Waals surface area contributed by atoms with Crippen LogP contribution in [0.4, 0.5) is 10.1 Å². The molecule has 0 aliphatic carbocycles. The normalized spacial score (nSPS) is 10.8. The van der Waals surface area contributed by atoms with E-state index in [0.29, 0.717) is 5.69 Å². The Hall–Kier alpha value is -3.06. The van der Waals surface area contributed by atoms with Crippen LogP contribution in [0.3, 0.4) is 0 Å². The first-order valence-corrected chi connectivity index (χ1v) is 10.8. The summed E-state index contributed by atoms with van der Waals surface area (Å²) in [4.78, 5) is 32.1. The molecule has 1 heterocycles. The molecule has 162 valence electrons. The van der Waals surface area contributed by atoms with Crippen molar-refractivity contribution in [1.82, 2.24) is 9.88 Å². The van der Waals surface area contributed by atoms with E-state index in [0.717, 1.165) is 37.8 Å². The summed E-state index contributed by atoms with van der Waals surface area (Å²) in [7, 11) is 1.61. The first-order chi connectivity index (χ1) is 14.6. The van der Waals surface area contributed by atoms with Gasteiger partial charge in [0, 0.05) is 23.2 Å². The molecule has 0 saturated carbocycles. The summed E-state index contributed by atoms with van der Waals surface area (Å²) in [6.45, 7) is 7.74. The number of likely N-dealkylation sites (N-methyl/N-ethyl adjacent to an activating group) is 1. The lowest BCUT2D eigenvalue weighted by Gasteiger charge is -2.18. The third-order valence-corrected chi connectivity index (χ3v) is 5.95. The van der Waals surface area contributed by atoms with Crippen molar-refractivity contribution in [3.63, 3.8) is 0 Å². The fourth-order valence-electron chi connectivity index (χ4n) is 3.55. The largest absolute Gasteiger partial charge is 0.336 e. The van der Waals surface area contributed by atoms with E-state index in [-0.39, 0.29) is 30.6 Å². The Morgan fingerprint density at radius 1 is 1.06 bits per heavy atom. The van der Waals surface area contributed by atoms with Crippen molar-refractivity contribution in [3.05, 3.63) is 68.8 Å². The van der Waals surface area contributed by atoms with Crippen LogP contribution >= 0.6 is 11.3 Å². The minimum atomic E-state index is -0.321. The lowest BCUT2D eigenvalue weighted by molar-refractivity contribution is -0.132. The van der Waals surface area contributed by atoms with Gasteiger partial charge in [0.15, 0.2) is 0 Å². The van der Waals surface area contributed by atoms with Crippen molar-refractivity contribution < 1.29 is 14.0 Å². The maximum absolute atomic E-state index is 13.3. The molecule has 1 aromatic heterocycles. The minimum absolute atomic E-state index is 0.0464. The molecule has 0 unspecified atom stereocenters.